The third kappa shape index (κ3) is 1.44. The third-order valence-corrected chi connectivity index (χ3v) is 0.810. The highest BCUT2D eigenvalue weighted by molar-refractivity contribution is 4.72. The monoisotopic (exact) mass is 128 g/mol. The van der Waals surface area contributed by atoms with E-state index in [1.165, 1.54) is 4.80 Å². The van der Waals surface area contributed by atoms with Crippen molar-refractivity contribution in [2.75, 3.05) is 0 Å². The van der Waals surface area contributed by atoms with E-state index in [-0.39, 0.29) is 0 Å². The first-order chi connectivity index (χ1) is 4.33. The van der Waals surface area contributed by atoms with Gasteiger partial charge in [-0.15, -0.1) is 10.2 Å². The summed E-state index contributed by atoms with van der Waals surface area (Å²) in [5, 5.41) is 11.1. The molecule has 3 N–H and O–H groups in total. The standard InChI is InChI=1S/C3H8N6/c1-9-7-3(2-5-4)6-8-9/h5H,2,4H2,1H3. The quantitative estimate of drug-likeness (QED) is 0.362. The minimum Gasteiger partial charge on any atom is -0.271 e. The Labute approximate surface area is 52.0 Å². The maximum atomic E-state index is 5.00. The number of aromatic nitrogens is 4. The summed E-state index contributed by atoms with van der Waals surface area (Å²) in [7, 11) is 1.70. The lowest BCUT2D eigenvalue weighted by molar-refractivity contribution is 0.623. The average Bonchev–Trinajstić information content (AvgIpc) is 2.17. The topological polar surface area (TPSA) is 81.7 Å². The van der Waals surface area contributed by atoms with Crippen molar-refractivity contribution in [2.45, 2.75) is 6.54 Å². The lowest BCUT2D eigenvalue weighted by Gasteiger charge is -1.86. The zero-order valence-corrected chi connectivity index (χ0v) is 5.07. The van der Waals surface area contributed by atoms with E-state index in [2.05, 4.69) is 20.8 Å². The molecule has 0 spiro atoms. The molecule has 0 aromatic carbocycles. The fraction of sp³-hybridized carbons (Fsp3) is 0.667. The molecule has 0 atom stereocenters. The van der Waals surface area contributed by atoms with Gasteiger partial charge in [-0.25, -0.2) is 0 Å². The van der Waals surface area contributed by atoms with Crippen molar-refractivity contribution in [3.05, 3.63) is 5.82 Å². The molecule has 0 bridgehead atoms. The number of nitrogens with two attached hydrogens (primary N) is 1. The lowest BCUT2D eigenvalue weighted by Crippen LogP contribution is -2.21. The fourth-order valence-electron chi connectivity index (χ4n) is 0.485. The highest BCUT2D eigenvalue weighted by Crippen LogP contribution is 1.79. The van der Waals surface area contributed by atoms with Crippen molar-refractivity contribution in [2.24, 2.45) is 12.9 Å². The summed E-state index contributed by atoms with van der Waals surface area (Å²) in [5.74, 6) is 5.60. The number of rotatable bonds is 2. The fourth-order valence-corrected chi connectivity index (χ4v) is 0.485. The Morgan fingerprint density at radius 2 is 2.56 bits per heavy atom. The van der Waals surface area contributed by atoms with Gasteiger partial charge in [0, 0.05) is 0 Å². The Bertz CT molecular complexity index is 180. The molecule has 1 heterocycles. The van der Waals surface area contributed by atoms with Gasteiger partial charge >= 0.3 is 0 Å². The van der Waals surface area contributed by atoms with Crippen molar-refractivity contribution in [3.63, 3.8) is 0 Å². The van der Waals surface area contributed by atoms with Crippen molar-refractivity contribution < 1.29 is 0 Å². The van der Waals surface area contributed by atoms with Crippen LogP contribution in [0.2, 0.25) is 0 Å². The van der Waals surface area contributed by atoms with Crippen LogP contribution in [0.25, 0.3) is 0 Å². The van der Waals surface area contributed by atoms with Crippen LogP contribution in [-0.2, 0) is 13.6 Å². The van der Waals surface area contributed by atoms with E-state index in [0.29, 0.717) is 12.4 Å². The average molecular weight is 128 g/mol. The Morgan fingerprint density at radius 3 is 3.00 bits per heavy atom. The van der Waals surface area contributed by atoms with Gasteiger partial charge in [0.2, 0.25) is 0 Å². The SMILES string of the molecule is Cn1nnc(CNN)n1. The van der Waals surface area contributed by atoms with Gasteiger partial charge in [0.15, 0.2) is 5.82 Å². The molecule has 0 aliphatic heterocycles. The second-order valence-corrected chi connectivity index (χ2v) is 1.58. The molecule has 0 amide bonds. The minimum atomic E-state index is 0.452. The first-order valence-corrected chi connectivity index (χ1v) is 2.49. The summed E-state index contributed by atoms with van der Waals surface area (Å²) in [6.07, 6.45) is 0. The van der Waals surface area contributed by atoms with Crippen LogP contribution >= 0.6 is 0 Å². The largest absolute Gasteiger partial charge is 0.271 e. The molecule has 0 radical (unpaired) electrons. The highest BCUT2D eigenvalue weighted by atomic mass is 15.6. The molecular weight excluding hydrogens is 120 g/mol. The third-order valence-electron chi connectivity index (χ3n) is 0.810. The number of tetrazole rings is 1. The maximum Gasteiger partial charge on any atom is 0.189 e. The molecule has 0 saturated heterocycles. The number of aryl methyl sites for hydroxylation is 1. The second kappa shape index (κ2) is 2.51. The molecule has 1 aromatic rings. The van der Waals surface area contributed by atoms with Gasteiger partial charge in [0.25, 0.3) is 0 Å². The summed E-state index contributed by atoms with van der Waals surface area (Å²) in [4.78, 5) is 1.38. The van der Waals surface area contributed by atoms with E-state index in [0.717, 1.165) is 0 Å². The Balaban J connectivity index is 2.61. The molecule has 6 nitrogen and oxygen atoms in total. The van der Waals surface area contributed by atoms with Crippen LogP contribution in [0, 0.1) is 0 Å². The minimum absolute atomic E-state index is 0.452. The van der Waals surface area contributed by atoms with Crippen LogP contribution in [0.15, 0.2) is 0 Å². The number of hydrazine groups is 1. The van der Waals surface area contributed by atoms with Gasteiger partial charge in [0.05, 0.1) is 13.6 Å². The van der Waals surface area contributed by atoms with Crippen LogP contribution in [-0.4, -0.2) is 20.2 Å². The van der Waals surface area contributed by atoms with E-state index < -0.39 is 0 Å². The first-order valence-electron chi connectivity index (χ1n) is 2.49. The van der Waals surface area contributed by atoms with Crippen molar-refractivity contribution in [3.8, 4) is 0 Å². The van der Waals surface area contributed by atoms with E-state index in [9.17, 15) is 0 Å². The Morgan fingerprint density at radius 1 is 1.78 bits per heavy atom. The molecule has 1 aromatic heterocycles. The van der Waals surface area contributed by atoms with Gasteiger partial charge in [0.1, 0.15) is 0 Å². The lowest BCUT2D eigenvalue weighted by atomic mass is 10.6. The Kier molecular flexibility index (Phi) is 1.71. The smallest absolute Gasteiger partial charge is 0.189 e. The molecule has 6 heteroatoms. The van der Waals surface area contributed by atoms with E-state index in [1.54, 1.807) is 7.05 Å². The van der Waals surface area contributed by atoms with Crippen LogP contribution in [0.1, 0.15) is 5.82 Å². The molecule has 9 heavy (non-hydrogen) atoms. The number of nitrogens with one attached hydrogen (secondary N) is 1. The summed E-state index contributed by atoms with van der Waals surface area (Å²) >= 11 is 0. The van der Waals surface area contributed by atoms with E-state index in [1.807, 2.05) is 0 Å². The van der Waals surface area contributed by atoms with E-state index in [4.69, 9.17) is 5.84 Å². The number of nitrogens with zero attached hydrogens (tertiary/aromatic N) is 4. The summed E-state index contributed by atoms with van der Waals surface area (Å²) in [5.41, 5.74) is 2.42. The zero-order valence-electron chi connectivity index (χ0n) is 5.07. The van der Waals surface area contributed by atoms with Crippen molar-refractivity contribution in [1.29, 1.82) is 0 Å². The normalized spacial score (nSPS) is 10.0. The van der Waals surface area contributed by atoms with Gasteiger partial charge in [-0.05, 0) is 5.21 Å². The molecule has 50 valence electrons. The molecule has 1 rings (SSSR count). The predicted molar refractivity (Wildman–Crippen MR) is 29.8 cm³/mol. The van der Waals surface area contributed by atoms with Crippen molar-refractivity contribution >= 4 is 0 Å². The maximum absolute atomic E-state index is 5.00. The summed E-state index contributed by atoms with van der Waals surface area (Å²) in [6, 6.07) is 0. The number of hydrogen-bond donors (Lipinski definition) is 2. The molecule has 0 unspecified atom stereocenters. The highest BCUT2D eigenvalue weighted by Gasteiger charge is 1.95. The van der Waals surface area contributed by atoms with Crippen LogP contribution in [0.4, 0.5) is 0 Å². The van der Waals surface area contributed by atoms with Crippen LogP contribution < -0.4 is 11.3 Å². The Hall–Kier alpha value is -1.01. The molecular formula is C3H8N6. The second-order valence-electron chi connectivity index (χ2n) is 1.58. The van der Waals surface area contributed by atoms with Gasteiger partial charge < -0.3 is 0 Å². The predicted octanol–water partition coefficient (Wildman–Crippen LogP) is -1.83. The van der Waals surface area contributed by atoms with E-state index >= 15 is 0 Å². The van der Waals surface area contributed by atoms with Crippen molar-refractivity contribution in [1.82, 2.24) is 25.6 Å². The molecule has 0 saturated carbocycles. The number of hydrogen-bond acceptors (Lipinski definition) is 5. The summed E-state index contributed by atoms with van der Waals surface area (Å²) in [6.45, 7) is 0.452. The van der Waals surface area contributed by atoms with Gasteiger partial charge in [-0.3, -0.25) is 11.3 Å². The first kappa shape index (κ1) is 6.12. The van der Waals surface area contributed by atoms with Gasteiger partial charge in [-0.2, -0.15) is 4.80 Å². The summed E-state index contributed by atoms with van der Waals surface area (Å²) < 4.78 is 0. The van der Waals surface area contributed by atoms with Crippen LogP contribution in [0.3, 0.4) is 0 Å². The molecule has 0 aliphatic carbocycles. The molecule has 0 fully saturated rings. The zero-order chi connectivity index (χ0) is 6.69. The van der Waals surface area contributed by atoms with Crippen LogP contribution in [0.5, 0.6) is 0 Å². The van der Waals surface area contributed by atoms with Gasteiger partial charge in [-0.1, -0.05) is 0 Å². The molecule has 0 aliphatic rings.